The Labute approximate surface area is 79.0 Å². The van der Waals surface area contributed by atoms with E-state index in [1.54, 1.807) is 6.92 Å². The molecule has 2 unspecified atom stereocenters. The summed E-state index contributed by atoms with van der Waals surface area (Å²) in [6, 6.07) is 0. The van der Waals surface area contributed by atoms with Crippen molar-refractivity contribution in [3.05, 3.63) is 0 Å². The van der Waals surface area contributed by atoms with Gasteiger partial charge in [-0.2, -0.15) is 0 Å². The van der Waals surface area contributed by atoms with Crippen LogP contribution in [0.3, 0.4) is 0 Å². The van der Waals surface area contributed by atoms with Crippen LogP contribution in [0, 0.1) is 5.92 Å². The van der Waals surface area contributed by atoms with Gasteiger partial charge in [-0.05, 0) is 32.2 Å². The summed E-state index contributed by atoms with van der Waals surface area (Å²) in [6.07, 6.45) is 1.91. The molecular weight excluding hydrogens is 168 g/mol. The summed E-state index contributed by atoms with van der Waals surface area (Å²) in [5.41, 5.74) is 0. The summed E-state index contributed by atoms with van der Waals surface area (Å²) in [7, 11) is 0. The zero-order valence-corrected chi connectivity index (χ0v) is 8.30. The van der Waals surface area contributed by atoms with E-state index in [-0.39, 0.29) is 12.3 Å². The number of hydrogen-bond donors (Lipinski definition) is 2. The molecule has 0 bridgehead atoms. The SMILES string of the molecule is CCOC(=O)NC1CCC(C)CN1. The zero-order valence-electron chi connectivity index (χ0n) is 8.30. The molecular formula is C9H18N2O2. The van der Waals surface area contributed by atoms with Crippen molar-refractivity contribution in [3.63, 3.8) is 0 Å². The van der Waals surface area contributed by atoms with Crippen LogP contribution < -0.4 is 10.6 Å². The number of hydrogen-bond acceptors (Lipinski definition) is 3. The molecule has 0 radical (unpaired) electrons. The van der Waals surface area contributed by atoms with Crippen molar-refractivity contribution >= 4 is 6.09 Å². The van der Waals surface area contributed by atoms with E-state index in [1.807, 2.05) is 0 Å². The normalized spacial score (nSPS) is 28.2. The molecule has 0 aromatic heterocycles. The van der Waals surface area contributed by atoms with Crippen LogP contribution in [0.4, 0.5) is 4.79 Å². The van der Waals surface area contributed by atoms with E-state index in [0.29, 0.717) is 12.5 Å². The molecule has 1 amide bonds. The first-order valence-electron chi connectivity index (χ1n) is 4.89. The highest BCUT2D eigenvalue weighted by Gasteiger charge is 2.18. The van der Waals surface area contributed by atoms with Crippen LogP contribution in [-0.4, -0.2) is 25.4 Å². The number of nitrogens with one attached hydrogen (secondary N) is 2. The Morgan fingerprint density at radius 2 is 2.38 bits per heavy atom. The highest BCUT2D eigenvalue weighted by Crippen LogP contribution is 2.11. The summed E-state index contributed by atoms with van der Waals surface area (Å²) in [4.78, 5) is 11.0. The van der Waals surface area contributed by atoms with Gasteiger partial charge in [0, 0.05) is 0 Å². The number of alkyl carbamates (subject to hydrolysis) is 1. The topological polar surface area (TPSA) is 50.4 Å². The fraction of sp³-hybridized carbons (Fsp3) is 0.889. The lowest BCUT2D eigenvalue weighted by atomic mass is 10.0. The molecule has 1 aliphatic heterocycles. The minimum Gasteiger partial charge on any atom is -0.450 e. The number of ether oxygens (including phenoxy) is 1. The predicted molar refractivity (Wildman–Crippen MR) is 50.3 cm³/mol. The van der Waals surface area contributed by atoms with Gasteiger partial charge in [-0.15, -0.1) is 0 Å². The van der Waals surface area contributed by atoms with Gasteiger partial charge in [0.05, 0.1) is 12.8 Å². The van der Waals surface area contributed by atoms with Crippen LogP contribution in [0.1, 0.15) is 26.7 Å². The minimum absolute atomic E-state index is 0.0928. The minimum atomic E-state index is -0.324. The molecule has 1 saturated heterocycles. The monoisotopic (exact) mass is 186 g/mol. The third kappa shape index (κ3) is 3.63. The Morgan fingerprint density at radius 3 is 2.92 bits per heavy atom. The van der Waals surface area contributed by atoms with Crippen LogP contribution in [0.25, 0.3) is 0 Å². The van der Waals surface area contributed by atoms with Crippen molar-refractivity contribution in [1.29, 1.82) is 0 Å². The molecule has 1 heterocycles. The maximum atomic E-state index is 11.0. The summed E-state index contributed by atoms with van der Waals surface area (Å²) in [5, 5.41) is 6.01. The second-order valence-corrected chi connectivity index (χ2v) is 3.51. The number of piperidine rings is 1. The second kappa shape index (κ2) is 5.07. The lowest BCUT2D eigenvalue weighted by Crippen LogP contribution is -2.49. The fourth-order valence-electron chi connectivity index (χ4n) is 1.44. The third-order valence-corrected chi connectivity index (χ3v) is 2.23. The Kier molecular flexibility index (Phi) is 4.02. The molecule has 0 aromatic rings. The van der Waals surface area contributed by atoms with Crippen LogP contribution in [-0.2, 0) is 4.74 Å². The van der Waals surface area contributed by atoms with E-state index in [9.17, 15) is 4.79 Å². The molecule has 1 rings (SSSR count). The van der Waals surface area contributed by atoms with Crippen molar-refractivity contribution < 1.29 is 9.53 Å². The highest BCUT2D eigenvalue weighted by molar-refractivity contribution is 5.67. The van der Waals surface area contributed by atoms with Crippen LogP contribution in [0.15, 0.2) is 0 Å². The fourth-order valence-corrected chi connectivity index (χ4v) is 1.44. The summed E-state index contributed by atoms with van der Waals surface area (Å²) >= 11 is 0. The molecule has 2 atom stereocenters. The van der Waals surface area contributed by atoms with Crippen molar-refractivity contribution in [3.8, 4) is 0 Å². The van der Waals surface area contributed by atoms with Crippen molar-refractivity contribution in [2.24, 2.45) is 5.92 Å². The van der Waals surface area contributed by atoms with Gasteiger partial charge in [0.25, 0.3) is 0 Å². The van der Waals surface area contributed by atoms with Gasteiger partial charge in [-0.3, -0.25) is 5.32 Å². The smallest absolute Gasteiger partial charge is 0.408 e. The van der Waals surface area contributed by atoms with Gasteiger partial charge in [0.1, 0.15) is 0 Å². The van der Waals surface area contributed by atoms with E-state index in [1.165, 1.54) is 0 Å². The Balaban J connectivity index is 2.18. The molecule has 0 saturated carbocycles. The summed E-state index contributed by atoms with van der Waals surface area (Å²) < 4.78 is 4.78. The average molecular weight is 186 g/mol. The number of amides is 1. The molecule has 0 aliphatic carbocycles. The number of carbonyl (C=O) groups excluding carboxylic acids is 1. The van der Waals surface area contributed by atoms with Gasteiger partial charge in [0.15, 0.2) is 0 Å². The number of rotatable bonds is 2. The zero-order chi connectivity index (χ0) is 9.68. The van der Waals surface area contributed by atoms with Gasteiger partial charge >= 0.3 is 6.09 Å². The largest absolute Gasteiger partial charge is 0.450 e. The van der Waals surface area contributed by atoms with Crippen LogP contribution in [0.5, 0.6) is 0 Å². The van der Waals surface area contributed by atoms with E-state index in [0.717, 1.165) is 19.4 Å². The maximum absolute atomic E-state index is 11.0. The maximum Gasteiger partial charge on any atom is 0.408 e. The molecule has 0 aromatic carbocycles. The molecule has 76 valence electrons. The quantitative estimate of drug-likeness (QED) is 0.678. The Hall–Kier alpha value is -0.770. The first-order valence-corrected chi connectivity index (χ1v) is 4.89. The first-order chi connectivity index (χ1) is 6.22. The molecule has 2 N–H and O–H groups in total. The van der Waals surface area contributed by atoms with E-state index >= 15 is 0 Å². The summed E-state index contributed by atoms with van der Waals surface area (Å²) in [5.74, 6) is 0.709. The van der Waals surface area contributed by atoms with E-state index in [4.69, 9.17) is 4.74 Å². The predicted octanol–water partition coefficient (Wildman–Crippen LogP) is 1.08. The van der Waals surface area contributed by atoms with Crippen molar-refractivity contribution in [2.75, 3.05) is 13.2 Å². The Bertz CT molecular complexity index is 165. The van der Waals surface area contributed by atoms with Crippen molar-refractivity contribution in [1.82, 2.24) is 10.6 Å². The lowest BCUT2D eigenvalue weighted by molar-refractivity contribution is 0.141. The van der Waals surface area contributed by atoms with Gasteiger partial charge in [0.2, 0.25) is 0 Å². The molecule has 4 nitrogen and oxygen atoms in total. The van der Waals surface area contributed by atoms with Crippen LogP contribution in [0.2, 0.25) is 0 Å². The lowest BCUT2D eigenvalue weighted by Gasteiger charge is -2.27. The molecule has 1 aliphatic rings. The second-order valence-electron chi connectivity index (χ2n) is 3.51. The number of carbonyl (C=O) groups is 1. The van der Waals surface area contributed by atoms with Crippen molar-refractivity contribution in [2.45, 2.75) is 32.9 Å². The first kappa shape index (κ1) is 10.3. The standard InChI is InChI=1S/C9H18N2O2/c1-3-13-9(12)11-8-5-4-7(2)6-10-8/h7-8,10H,3-6H2,1-2H3,(H,11,12). The molecule has 1 fully saturated rings. The third-order valence-electron chi connectivity index (χ3n) is 2.23. The van der Waals surface area contributed by atoms with Gasteiger partial charge < -0.3 is 10.1 Å². The molecule has 4 heteroatoms. The molecule has 0 spiro atoms. The Morgan fingerprint density at radius 1 is 1.62 bits per heavy atom. The van der Waals surface area contributed by atoms with Crippen LogP contribution >= 0.6 is 0 Å². The van der Waals surface area contributed by atoms with E-state index in [2.05, 4.69) is 17.6 Å². The van der Waals surface area contributed by atoms with Gasteiger partial charge in [-0.25, -0.2) is 4.79 Å². The van der Waals surface area contributed by atoms with Gasteiger partial charge in [-0.1, -0.05) is 6.92 Å². The highest BCUT2D eigenvalue weighted by atomic mass is 16.5. The average Bonchev–Trinajstić information content (AvgIpc) is 2.09. The van der Waals surface area contributed by atoms with E-state index < -0.39 is 0 Å². The summed E-state index contributed by atoms with van der Waals surface area (Å²) in [6.45, 7) is 5.40. The molecule has 13 heavy (non-hydrogen) atoms.